The topological polar surface area (TPSA) is 77.1 Å². The van der Waals surface area contributed by atoms with Gasteiger partial charge in [-0.2, -0.15) is 0 Å². The molecule has 23 heavy (non-hydrogen) atoms. The molecule has 1 aliphatic rings. The third-order valence-electron chi connectivity index (χ3n) is 4.02. The summed E-state index contributed by atoms with van der Waals surface area (Å²) in [6.07, 6.45) is 4.83. The Kier molecular flexibility index (Phi) is 6.26. The number of benzene rings is 1. The van der Waals surface area contributed by atoms with Crippen LogP contribution in [0.2, 0.25) is 0 Å². The van der Waals surface area contributed by atoms with Gasteiger partial charge in [-0.3, -0.25) is 0 Å². The summed E-state index contributed by atoms with van der Waals surface area (Å²) in [5, 5.41) is 0. The van der Waals surface area contributed by atoms with Crippen molar-refractivity contribution in [3.63, 3.8) is 0 Å². The van der Waals surface area contributed by atoms with Crippen LogP contribution in [0.15, 0.2) is 23.2 Å². The number of carbonyl (C=O) groups is 1. The van der Waals surface area contributed by atoms with Crippen LogP contribution in [0.25, 0.3) is 0 Å². The standard InChI is InChI=1S/C17H25N3O3/c1-22-15-8-7-13(11-14(15)16(21)23-2)12-19-17(18)20-9-5-3-4-6-10-20/h7-8,11H,3-6,9-10,12H2,1-2H3,(H2,18,19). The van der Waals surface area contributed by atoms with Gasteiger partial charge in [0.1, 0.15) is 11.3 Å². The molecule has 126 valence electrons. The molecule has 1 fully saturated rings. The van der Waals surface area contributed by atoms with E-state index >= 15 is 0 Å². The fourth-order valence-corrected chi connectivity index (χ4v) is 2.70. The third kappa shape index (κ3) is 4.61. The number of ether oxygens (including phenoxy) is 2. The van der Waals surface area contributed by atoms with E-state index in [-0.39, 0.29) is 0 Å². The second-order valence-electron chi connectivity index (χ2n) is 5.60. The zero-order valence-electron chi connectivity index (χ0n) is 13.9. The number of likely N-dealkylation sites (tertiary alicyclic amines) is 1. The molecule has 0 unspecified atom stereocenters. The molecule has 0 amide bonds. The maximum Gasteiger partial charge on any atom is 0.341 e. The van der Waals surface area contributed by atoms with E-state index in [0.29, 0.717) is 23.8 Å². The van der Waals surface area contributed by atoms with Crippen molar-refractivity contribution < 1.29 is 14.3 Å². The maximum absolute atomic E-state index is 11.8. The number of hydrogen-bond acceptors (Lipinski definition) is 4. The largest absolute Gasteiger partial charge is 0.496 e. The minimum atomic E-state index is -0.423. The third-order valence-corrected chi connectivity index (χ3v) is 4.02. The molecule has 2 rings (SSSR count). The van der Waals surface area contributed by atoms with Gasteiger partial charge in [-0.1, -0.05) is 18.9 Å². The first-order chi connectivity index (χ1) is 11.2. The zero-order valence-corrected chi connectivity index (χ0v) is 13.9. The molecule has 6 nitrogen and oxygen atoms in total. The molecule has 0 atom stereocenters. The Bertz CT molecular complexity index is 564. The van der Waals surface area contributed by atoms with E-state index < -0.39 is 5.97 Å². The highest BCUT2D eigenvalue weighted by Gasteiger charge is 2.14. The summed E-state index contributed by atoms with van der Waals surface area (Å²) < 4.78 is 9.97. The quantitative estimate of drug-likeness (QED) is 0.523. The molecular formula is C17H25N3O3. The highest BCUT2D eigenvalue weighted by atomic mass is 16.5. The molecule has 0 aliphatic carbocycles. The fraction of sp³-hybridized carbons (Fsp3) is 0.529. The lowest BCUT2D eigenvalue weighted by Gasteiger charge is -2.21. The van der Waals surface area contributed by atoms with Crippen LogP contribution in [0.5, 0.6) is 5.75 Å². The van der Waals surface area contributed by atoms with E-state index in [4.69, 9.17) is 15.2 Å². The van der Waals surface area contributed by atoms with Gasteiger partial charge in [0.05, 0.1) is 20.8 Å². The Morgan fingerprint density at radius 3 is 2.52 bits per heavy atom. The molecule has 0 saturated carbocycles. The molecule has 0 radical (unpaired) electrons. The minimum absolute atomic E-state index is 0.399. The predicted octanol–water partition coefficient (Wildman–Crippen LogP) is 2.17. The van der Waals surface area contributed by atoms with Gasteiger partial charge in [0, 0.05) is 13.1 Å². The van der Waals surface area contributed by atoms with Crippen LogP contribution in [0.1, 0.15) is 41.6 Å². The zero-order chi connectivity index (χ0) is 16.7. The second-order valence-corrected chi connectivity index (χ2v) is 5.60. The van der Waals surface area contributed by atoms with Crippen molar-refractivity contribution in [3.05, 3.63) is 29.3 Å². The van der Waals surface area contributed by atoms with Gasteiger partial charge in [-0.15, -0.1) is 0 Å². The average molecular weight is 319 g/mol. The van der Waals surface area contributed by atoms with Gasteiger partial charge < -0.3 is 20.1 Å². The lowest BCUT2D eigenvalue weighted by Crippen LogP contribution is -2.38. The number of carbonyl (C=O) groups excluding carboxylic acids is 1. The summed E-state index contributed by atoms with van der Waals surface area (Å²) in [6.45, 7) is 2.35. The fourth-order valence-electron chi connectivity index (χ4n) is 2.70. The molecule has 1 aromatic carbocycles. The van der Waals surface area contributed by atoms with E-state index in [2.05, 4.69) is 9.89 Å². The molecular weight excluding hydrogens is 294 g/mol. The predicted molar refractivity (Wildman–Crippen MR) is 89.7 cm³/mol. The lowest BCUT2D eigenvalue weighted by molar-refractivity contribution is 0.0597. The Morgan fingerprint density at radius 2 is 1.91 bits per heavy atom. The van der Waals surface area contributed by atoms with Gasteiger partial charge >= 0.3 is 5.97 Å². The first-order valence-electron chi connectivity index (χ1n) is 7.96. The summed E-state index contributed by atoms with van der Waals surface area (Å²) in [6, 6.07) is 5.37. The van der Waals surface area contributed by atoms with Crippen LogP contribution in [0.3, 0.4) is 0 Å². The van der Waals surface area contributed by atoms with Crippen LogP contribution < -0.4 is 10.5 Å². The molecule has 2 N–H and O–H groups in total. The van der Waals surface area contributed by atoms with Crippen molar-refractivity contribution in [1.29, 1.82) is 0 Å². The van der Waals surface area contributed by atoms with Crippen molar-refractivity contribution in [2.24, 2.45) is 10.7 Å². The first-order valence-corrected chi connectivity index (χ1v) is 7.96. The molecule has 0 aromatic heterocycles. The van der Waals surface area contributed by atoms with E-state index in [1.807, 2.05) is 6.07 Å². The summed E-state index contributed by atoms with van der Waals surface area (Å²) >= 11 is 0. The number of rotatable bonds is 4. The maximum atomic E-state index is 11.8. The highest BCUT2D eigenvalue weighted by molar-refractivity contribution is 5.92. The van der Waals surface area contributed by atoms with E-state index in [1.54, 1.807) is 12.1 Å². The molecule has 6 heteroatoms. The van der Waals surface area contributed by atoms with Gasteiger partial charge in [0.25, 0.3) is 0 Å². The normalized spacial score (nSPS) is 15.9. The number of nitrogens with zero attached hydrogens (tertiary/aromatic N) is 2. The average Bonchev–Trinajstić information content (AvgIpc) is 2.88. The van der Waals surface area contributed by atoms with Crippen molar-refractivity contribution in [2.45, 2.75) is 32.2 Å². The van der Waals surface area contributed by atoms with Gasteiger partial charge in [-0.05, 0) is 30.5 Å². The molecule has 1 aromatic rings. The number of guanidine groups is 1. The van der Waals surface area contributed by atoms with Crippen LogP contribution in [0, 0.1) is 0 Å². The number of aliphatic imine (C=N–C) groups is 1. The van der Waals surface area contributed by atoms with Gasteiger partial charge in [-0.25, -0.2) is 9.79 Å². The van der Waals surface area contributed by atoms with Crippen molar-refractivity contribution in [3.8, 4) is 5.75 Å². The van der Waals surface area contributed by atoms with Crippen LogP contribution >= 0.6 is 0 Å². The van der Waals surface area contributed by atoms with Crippen LogP contribution in [-0.4, -0.2) is 44.1 Å². The Hall–Kier alpha value is -2.24. The summed E-state index contributed by atoms with van der Waals surface area (Å²) in [5.74, 6) is 0.639. The smallest absolute Gasteiger partial charge is 0.341 e. The number of methoxy groups -OCH3 is 2. The monoisotopic (exact) mass is 319 g/mol. The summed E-state index contributed by atoms with van der Waals surface area (Å²) in [4.78, 5) is 18.4. The van der Waals surface area contributed by atoms with Gasteiger partial charge in [0.15, 0.2) is 5.96 Å². The summed E-state index contributed by atoms with van der Waals surface area (Å²) in [7, 11) is 2.88. The molecule has 1 aliphatic heterocycles. The second kappa shape index (κ2) is 8.41. The highest BCUT2D eigenvalue weighted by Crippen LogP contribution is 2.21. The van der Waals surface area contributed by atoms with Crippen LogP contribution in [0.4, 0.5) is 0 Å². The van der Waals surface area contributed by atoms with E-state index in [0.717, 1.165) is 31.5 Å². The Labute approximate surface area is 137 Å². The van der Waals surface area contributed by atoms with Crippen molar-refractivity contribution in [2.75, 3.05) is 27.3 Å². The molecule has 0 spiro atoms. The number of esters is 1. The molecule has 1 heterocycles. The Morgan fingerprint density at radius 1 is 1.22 bits per heavy atom. The van der Waals surface area contributed by atoms with E-state index in [9.17, 15) is 4.79 Å². The van der Waals surface area contributed by atoms with Crippen molar-refractivity contribution in [1.82, 2.24) is 4.90 Å². The van der Waals surface area contributed by atoms with Crippen LogP contribution in [-0.2, 0) is 11.3 Å². The lowest BCUT2D eigenvalue weighted by atomic mass is 10.1. The number of nitrogens with two attached hydrogens (primary N) is 1. The van der Waals surface area contributed by atoms with Crippen molar-refractivity contribution >= 4 is 11.9 Å². The van der Waals surface area contributed by atoms with Gasteiger partial charge in [0.2, 0.25) is 0 Å². The minimum Gasteiger partial charge on any atom is -0.496 e. The SMILES string of the molecule is COC(=O)c1cc(CN=C(N)N2CCCCCC2)ccc1OC. The first kappa shape index (κ1) is 17.1. The summed E-state index contributed by atoms with van der Waals surface area (Å²) in [5.41, 5.74) is 7.40. The molecule has 0 bridgehead atoms. The Balaban J connectivity index is 2.09. The number of hydrogen-bond donors (Lipinski definition) is 1. The molecule has 1 saturated heterocycles. The van der Waals surface area contributed by atoms with E-state index in [1.165, 1.54) is 27.1 Å².